The molecule has 1 unspecified atom stereocenters. The van der Waals surface area contributed by atoms with Crippen molar-refractivity contribution in [1.29, 1.82) is 0 Å². The third kappa shape index (κ3) is 3.38. The molecule has 0 spiro atoms. The van der Waals surface area contributed by atoms with Gasteiger partial charge in [-0.1, -0.05) is 37.6 Å². The topological polar surface area (TPSA) is 29.9 Å². The normalized spacial score (nSPS) is 12.6. The molecule has 0 saturated heterocycles. The van der Waals surface area contributed by atoms with Crippen LogP contribution in [0.5, 0.6) is 0 Å². The molecule has 1 atom stereocenters. The Labute approximate surface area is 123 Å². The third-order valence-corrected chi connectivity index (χ3v) is 3.57. The van der Waals surface area contributed by atoms with Gasteiger partial charge in [0.2, 0.25) is 0 Å². The average Bonchev–Trinajstić information content (AvgIpc) is 2.89. The summed E-state index contributed by atoms with van der Waals surface area (Å²) < 4.78 is 15.6. The summed E-state index contributed by atoms with van der Waals surface area (Å²) in [6.45, 7) is 5.50. The van der Waals surface area contributed by atoms with Crippen molar-refractivity contribution in [3.63, 3.8) is 0 Å². The van der Waals surface area contributed by atoms with Crippen LogP contribution < -0.4 is 5.32 Å². The van der Waals surface area contributed by atoms with E-state index < -0.39 is 0 Å². The fraction of sp³-hybridized carbons (Fsp3) is 0.400. The maximum atomic E-state index is 13.9. The van der Waals surface area contributed by atoms with Crippen LogP contribution >= 0.6 is 11.6 Å². The van der Waals surface area contributed by atoms with Gasteiger partial charge in [-0.15, -0.1) is 0 Å². The summed E-state index contributed by atoms with van der Waals surface area (Å²) in [6, 6.07) is 5.31. The van der Waals surface area contributed by atoms with Gasteiger partial charge in [-0.2, -0.15) is 5.10 Å². The lowest BCUT2D eigenvalue weighted by atomic mass is 10.1. The summed E-state index contributed by atoms with van der Waals surface area (Å²) in [7, 11) is 0. The second kappa shape index (κ2) is 6.86. The summed E-state index contributed by atoms with van der Waals surface area (Å²) in [5.41, 5.74) is 1.67. The first-order chi connectivity index (χ1) is 9.65. The molecule has 0 fully saturated rings. The van der Waals surface area contributed by atoms with Crippen LogP contribution in [0, 0.1) is 5.82 Å². The zero-order valence-corrected chi connectivity index (χ0v) is 12.5. The SMILES string of the molecule is CCNC(CC)c1cnn(Cc2cccc(Cl)c2F)c1. The first kappa shape index (κ1) is 15.0. The van der Waals surface area contributed by atoms with E-state index in [4.69, 9.17) is 11.6 Å². The van der Waals surface area contributed by atoms with E-state index in [9.17, 15) is 4.39 Å². The van der Waals surface area contributed by atoms with Gasteiger partial charge in [0.25, 0.3) is 0 Å². The Balaban J connectivity index is 2.15. The van der Waals surface area contributed by atoms with Gasteiger partial charge in [0.1, 0.15) is 5.82 Å². The number of aromatic nitrogens is 2. The zero-order valence-electron chi connectivity index (χ0n) is 11.7. The smallest absolute Gasteiger partial charge is 0.146 e. The molecule has 1 aromatic carbocycles. The Morgan fingerprint density at radius 3 is 2.90 bits per heavy atom. The van der Waals surface area contributed by atoms with Crippen LogP contribution in [-0.4, -0.2) is 16.3 Å². The molecule has 0 bridgehead atoms. The predicted octanol–water partition coefficient (Wildman–Crippen LogP) is 3.78. The summed E-state index contributed by atoms with van der Waals surface area (Å²) in [5, 5.41) is 7.85. The Hall–Kier alpha value is -1.39. The minimum atomic E-state index is -0.370. The van der Waals surface area contributed by atoms with Gasteiger partial charge in [0, 0.05) is 23.4 Å². The fourth-order valence-electron chi connectivity index (χ4n) is 2.24. The quantitative estimate of drug-likeness (QED) is 0.879. The predicted molar refractivity (Wildman–Crippen MR) is 79.4 cm³/mol. The maximum Gasteiger partial charge on any atom is 0.146 e. The number of halogens is 2. The van der Waals surface area contributed by atoms with Gasteiger partial charge >= 0.3 is 0 Å². The van der Waals surface area contributed by atoms with Crippen LogP contribution in [0.4, 0.5) is 4.39 Å². The monoisotopic (exact) mass is 295 g/mol. The van der Waals surface area contributed by atoms with E-state index in [0.717, 1.165) is 18.5 Å². The lowest BCUT2D eigenvalue weighted by Crippen LogP contribution is -2.19. The van der Waals surface area contributed by atoms with Gasteiger partial charge in [-0.3, -0.25) is 4.68 Å². The van der Waals surface area contributed by atoms with E-state index in [0.29, 0.717) is 12.1 Å². The van der Waals surface area contributed by atoms with E-state index >= 15 is 0 Å². The first-order valence-corrected chi connectivity index (χ1v) is 7.22. The van der Waals surface area contributed by atoms with Gasteiger partial charge in [0.15, 0.2) is 0 Å². The molecule has 20 heavy (non-hydrogen) atoms. The second-order valence-corrected chi connectivity index (χ2v) is 5.11. The Morgan fingerprint density at radius 2 is 2.20 bits per heavy atom. The van der Waals surface area contributed by atoms with Crippen molar-refractivity contribution in [3.8, 4) is 0 Å². The molecular weight excluding hydrogens is 277 g/mol. The molecule has 2 rings (SSSR count). The molecular formula is C15H19ClFN3. The van der Waals surface area contributed by atoms with Crippen LogP contribution in [0.15, 0.2) is 30.6 Å². The molecule has 2 aromatic rings. The molecule has 0 amide bonds. The van der Waals surface area contributed by atoms with E-state index in [1.807, 2.05) is 12.4 Å². The average molecular weight is 296 g/mol. The summed E-state index contributed by atoms with van der Waals surface area (Å²) in [5.74, 6) is -0.370. The molecule has 0 aliphatic carbocycles. The minimum absolute atomic E-state index is 0.147. The van der Waals surface area contributed by atoms with E-state index in [-0.39, 0.29) is 16.9 Å². The number of nitrogens with one attached hydrogen (secondary N) is 1. The van der Waals surface area contributed by atoms with Crippen LogP contribution in [0.25, 0.3) is 0 Å². The second-order valence-electron chi connectivity index (χ2n) is 4.70. The first-order valence-electron chi connectivity index (χ1n) is 6.84. The van der Waals surface area contributed by atoms with E-state index in [1.165, 1.54) is 0 Å². The molecule has 1 heterocycles. The van der Waals surface area contributed by atoms with Gasteiger partial charge in [0.05, 0.1) is 17.8 Å². The largest absolute Gasteiger partial charge is 0.310 e. The van der Waals surface area contributed by atoms with Crippen LogP contribution in [0.2, 0.25) is 5.02 Å². The Morgan fingerprint density at radius 1 is 1.40 bits per heavy atom. The number of hydrogen-bond donors (Lipinski definition) is 1. The van der Waals surface area contributed by atoms with Gasteiger partial charge in [-0.25, -0.2) is 4.39 Å². The molecule has 5 heteroatoms. The van der Waals surface area contributed by atoms with E-state index in [2.05, 4.69) is 24.3 Å². The summed E-state index contributed by atoms with van der Waals surface area (Å²) in [6.07, 6.45) is 4.78. The fourth-order valence-corrected chi connectivity index (χ4v) is 2.43. The number of rotatable bonds is 6. The molecule has 1 N–H and O–H groups in total. The van der Waals surface area contributed by atoms with Crippen molar-refractivity contribution < 1.29 is 4.39 Å². The van der Waals surface area contributed by atoms with Crippen molar-refractivity contribution in [1.82, 2.24) is 15.1 Å². The van der Waals surface area contributed by atoms with Crippen molar-refractivity contribution in [2.45, 2.75) is 32.9 Å². The Kier molecular flexibility index (Phi) is 5.15. The third-order valence-electron chi connectivity index (χ3n) is 3.28. The van der Waals surface area contributed by atoms with Crippen molar-refractivity contribution in [2.24, 2.45) is 0 Å². The standard InChI is InChI=1S/C15H19ClFN3/c1-3-14(18-4-2)12-8-19-20(10-12)9-11-6-5-7-13(16)15(11)17/h5-8,10,14,18H,3-4,9H2,1-2H3. The molecule has 3 nitrogen and oxygen atoms in total. The minimum Gasteiger partial charge on any atom is -0.310 e. The Bertz CT molecular complexity index is 568. The number of benzene rings is 1. The zero-order chi connectivity index (χ0) is 14.5. The van der Waals surface area contributed by atoms with Crippen LogP contribution in [0.1, 0.15) is 37.4 Å². The van der Waals surface area contributed by atoms with Crippen molar-refractivity contribution in [2.75, 3.05) is 6.54 Å². The molecule has 0 aliphatic heterocycles. The highest BCUT2D eigenvalue weighted by molar-refractivity contribution is 6.30. The van der Waals surface area contributed by atoms with Crippen molar-refractivity contribution >= 4 is 11.6 Å². The lowest BCUT2D eigenvalue weighted by Gasteiger charge is -2.13. The summed E-state index contributed by atoms with van der Waals surface area (Å²) >= 11 is 5.78. The highest BCUT2D eigenvalue weighted by Crippen LogP contribution is 2.20. The molecule has 0 aliphatic rings. The number of nitrogens with zero attached hydrogens (tertiary/aromatic N) is 2. The molecule has 1 aromatic heterocycles. The van der Waals surface area contributed by atoms with Crippen molar-refractivity contribution in [3.05, 3.63) is 52.6 Å². The lowest BCUT2D eigenvalue weighted by molar-refractivity contribution is 0.536. The summed E-state index contributed by atoms with van der Waals surface area (Å²) in [4.78, 5) is 0. The van der Waals surface area contributed by atoms with Crippen LogP contribution in [-0.2, 0) is 6.54 Å². The molecule has 108 valence electrons. The number of hydrogen-bond acceptors (Lipinski definition) is 2. The van der Waals surface area contributed by atoms with E-state index in [1.54, 1.807) is 22.9 Å². The maximum absolute atomic E-state index is 13.9. The van der Waals surface area contributed by atoms with Gasteiger partial charge < -0.3 is 5.32 Å². The molecule has 0 radical (unpaired) electrons. The molecule has 0 saturated carbocycles. The highest BCUT2D eigenvalue weighted by atomic mass is 35.5. The van der Waals surface area contributed by atoms with Crippen LogP contribution in [0.3, 0.4) is 0 Å². The van der Waals surface area contributed by atoms with Gasteiger partial charge in [-0.05, 0) is 19.0 Å². The highest BCUT2D eigenvalue weighted by Gasteiger charge is 2.12.